The van der Waals surface area contributed by atoms with Crippen LogP contribution in [-0.2, 0) is 23.7 Å². The van der Waals surface area contributed by atoms with E-state index in [4.69, 9.17) is 16.7 Å². The van der Waals surface area contributed by atoms with Crippen LogP contribution in [0.2, 0.25) is 5.02 Å². The second-order valence-corrected chi connectivity index (χ2v) is 7.11. The van der Waals surface area contributed by atoms with Crippen LogP contribution in [0.5, 0.6) is 0 Å². The highest BCUT2D eigenvalue weighted by molar-refractivity contribution is 9.10. The maximum Gasteiger partial charge on any atom is 0.263 e. The molecule has 0 fully saturated rings. The van der Waals surface area contributed by atoms with Crippen LogP contribution in [0, 0.1) is 0 Å². The molecule has 2 rings (SSSR count). The standard InChI is InChI=1S/C12H12BrClN2O3S/c1-16-6-10(5-9(16)7-17)20(18,19)15-8-2-3-12(14)11(13)4-8/h2-6,15,17H,7H2,1H3. The van der Waals surface area contributed by atoms with Crippen LogP contribution < -0.4 is 4.72 Å². The fraction of sp³-hybridized carbons (Fsp3) is 0.167. The van der Waals surface area contributed by atoms with Crippen LogP contribution in [-0.4, -0.2) is 18.1 Å². The topological polar surface area (TPSA) is 71.3 Å². The number of halogens is 2. The Labute approximate surface area is 130 Å². The van der Waals surface area contributed by atoms with Gasteiger partial charge in [-0.15, -0.1) is 0 Å². The summed E-state index contributed by atoms with van der Waals surface area (Å²) < 4.78 is 29.1. The lowest BCUT2D eigenvalue weighted by Gasteiger charge is -2.07. The molecule has 1 aromatic heterocycles. The van der Waals surface area contributed by atoms with E-state index in [0.29, 0.717) is 20.9 Å². The second kappa shape index (κ2) is 5.77. The average Bonchev–Trinajstić information content (AvgIpc) is 2.76. The predicted octanol–water partition coefficient (Wildman–Crippen LogP) is 2.73. The molecule has 0 aliphatic heterocycles. The van der Waals surface area contributed by atoms with Gasteiger partial charge in [-0.05, 0) is 40.2 Å². The number of aromatic nitrogens is 1. The van der Waals surface area contributed by atoms with Gasteiger partial charge >= 0.3 is 0 Å². The maximum atomic E-state index is 12.2. The Balaban J connectivity index is 2.32. The quantitative estimate of drug-likeness (QED) is 0.858. The van der Waals surface area contributed by atoms with Gasteiger partial charge in [0.05, 0.1) is 17.3 Å². The fourth-order valence-corrected chi connectivity index (χ4v) is 3.29. The van der Waals surface area contributed by atoms with Crippen molar-refractivity contribution in [3.05, 3.63) is 45.7 Å². The number of aryl methyl sites for hydroxylation is 1. The van der Waals surface area contributed by atoms with Crippen molar-refractivity contribution in [3.8, 4) is 0 Å². The van der Waals surface area contributed by atoms with E-state index in [1.54, 1.807) is 29.8 Å². The molecule has 108 valence electrons. The summed E-state index contributed by atoms with van der Waals surface area (Å²) in [5.41, 5.74) is 0.915. The number of benzene rings is 1. The minimum absolute atomic E-state index is 0.0927. The van der Waals surface area contributed by atoms with E-state index in [0.717, 1.165) is 0 Å². The highest BCUT2D eigenvalue weighted by atomic mass is 79.9. The molecular formula is C12H12BrClN2O3S. The highest BCUT2D eigenvalue weighted by Gasteiger charge is 2.17. The van der Waals surface area contributed by atoms with Gasteiger partial charge in [-0.3, -0.25) is 4.72 Å². The molecule has 0 radical (unpaired) electrons. The van der Waals surface area contributed by atoms with Crippen LogP contribution in [0.3, 0.4) is 0 Å². The summed E-state index contributed by atoms with van der Waals surface area (Å²) in [6.07, 6.45) is 1.44. The monoisotopic (exact) mass is 378 g/mol. The first-order chi connectivity index (χ1) is 9.33. The van der Waals surface area contributed by atoms with Gasteiger partial charge in [0.25, 0.3) is 10.0 Å². The molecule has 0 saturated carbocycles. The van der Waals surface area contributed by atoms with Gasteiger partial charge in [-0.25, -0.2) is 8.42 Å². The number of aliphatic hydroxyl groups excluding tert-OH is 1. The van der Waals surface area contributed by atoms with Gasteiger partial charge in [-0.2, -0.15) is 0 Å². The Morgan fingerprint density at radius 1 is 1.40 bits per heavy atom. The van der Waals surface area contributed by atoms with Crippen molar-refractivity contribution in [2.75, 3.05) is 4.72 Å². The van der Waals surface area contributed by atoms with Crippen LogP contribution in [0.4, 0.5) is 5.69 Å². The van der Waals surface area contributed by atoms with E-state index in [9.17, 15) is 8.42 Å². The molecule has 0 aliphatic carbocycles. The molecule has 1 aromatic carbocycles. The molecule has 0 spiro atoms. The van der Waals surface area contributed by atoms with Crippen molar-refractivity contribution >= 4 is 43.2 Å². The third-order valence-electron chi connectivity index (χ3n) is 2.73. The van der Waals surface area contributed by atoms with Crippen molar-refractivity contribution in [2.24, 2.45) is 7.05 Å². The van der Waals surface area contributed by atoms with Crippen molar-refractivity contribution in [3.63, 3.8) is 0 Å². The number of sulfonamides is 1. The van der Waals surface area contributed by atoms with Gasteiger partial charge in [0, 0.05) is 23.4 Å². The van der Waals surface area contributed by atoms with Crippen molar-refractivity contribution in [2.45, 2.75) is 11.5 Å². The number of nitrogens with one attached hydrogen (secondary N) is 1. The summed E-state index contributed by atoms with van der Waals surface area (Å²) in [6.45, 7) is -0.224. The number of aliphatic hydroxyl groups is 1. The Bertz CT molecular complexity index is 743. The average molecular weight is 380 g/mol. The number of nitrogens with zero attached hydrogens (tertiary/aromatic N) is 1. The van der Waals surface area contributed by atoms with E-state index < -0.39 is 10.0 Å². The third kappa shape index (κ3) is 3.17. The van der Waals surface area contributed by atoms with Crippen molar-refractivity contribution in [1.29, 1.82) is 0 Å². The Morgan fingerprint density at radius 3 is 2.65 bits per heavy atom. The third-order valence-corrected chi connectivity index (χ3v) is 5.29. The first kappa shape index (κ1) is 15.4. The molecule has 1 heterocycles. The predicted molar refractivity (Wildman–Crippen MR) is 81.3 cm³/mol. The number of hydrogen-bond donors (Lipinski definition) is 2. The Kier molecular flexibility index (Phi) is 4.43. The molecule has 0 saturated heterocycles. The van der Waals surface area contributed by atoms with E-state index in [-0.39, 0.29) is 11.5 Å². The van der Waals surface area contributed by atoms with Crippen LogP contribution in [0.25, 0.3) is 0 Å². The lowest BCUT2D eigenvalue weighted by molar-refractivity contribution is 0.272. The molecule has 2 N–H and O–H groups in total. The lowest BCUT2D eigenvalue weighted by atomic mass is 10.3. The molecule has 0 amide bonds. The molecule has 0 unspecified atom stereocenters. The summed E-state index contributed by atoms with van der Waals surface area (Å²) in [7, 11) is -2.03. The molecular weight excluding hydrogens is 368 g/mol. The van der Waals surface area contributed by atoms with E-state index >= 15 is 0 Å². The van der Waals surface area contributed by atoms with E-state index in [2.05, 4.69) is 20.7 Å². The summed E-state index contributed by atoms with van der Waals surface area (Å²) in [5.74, 6) is 0. The Morgan fingerprint density at radius 2 is 2.10 bits per heavy atom. The van der Waals surface area contributed by atoms with E-state index in [1.807, 2.05) is 0 Å². The van der Waals surface area contributed by atoms with Gasteiger partial charge in [0.1, 0.15) is 4.90 Å². The van der Waals surface area contributed by atoms with Gasteiger partial charge in [0.15, 0.2) is 0 Å². The molecule has 2 aromatic rings. The SMILES string of the molecule is Cn1cc(S(=O)(=O)Nc2ccc(Cl)c(Br)c2)cc1CO. The first-order valence-electron chi connectivity index (χ1n) is 5.57. The van der Waals surface area contributed by atoms with Crippen molar-refractivity contribution < 1.29 is 13.5 Å². The van der Waals surface area contributed by atoms with Gasteiger partial charge in [-0.1, -0.05) is 11.6 Å². The molecule has 20 heavy (non-hydrogen) atoms. The van der Waals surface area contributed by atoms with Crippen molar-refractivity contribution in [1.82, 2.24) is 4.57 Å². The summed E-state index contributed by atoms with van der Waals surface area (Å²) in [4.78, 5) is 0.0927. The zero-order valence-electron chi connectivity index (χ0n) is 10.5. The van der Waals surface area contributed by atoms with Crippen LogP contribution in [0.15, 0.2) is 39.8 Å². The molecule has 5 nitrogen and oxygen atoms in total. The zero-order valence-corrected chi connectivity index (χ0v) is 13.6. The van der Waals surface area contributed by atoms with E-state index in [1.165, 1.54) is 12.3 Å². The molecule has 8 heteroatoms. The van der Waals surface area contributed by atoms with Gasteiger partial charge in [0.2, 0.25) is 0 Å². The lowest BCUT2D eigenvalue weighted by Crippen LogP contribution is -2.12. The highest BCUT2D eigenvalue weighted by Crippen LogP contribution is 2.27. The number of anilines is 1. The Hall–Kier alpha value is -1.02. The number of rotatable bonds is 4. The molecule has 0 bridgehead atoms. The minimum atomic E-state index is -3.70. The first-order valence-corrected chi connectivity index (χ1v) is 8.23. The smallest absolute Gasteiger partial charge is 0.263 e. The summed E-state index contributed by atoms with van der Waals surface area (Å²) in [6, 6.07) is 6.16. The van der Waals surface area contributed by atoms with Crippen LogP contribution in [0.1, 0.15) is 5.69 Å². The molecule has 0 atom stereocenters. The summed E-state index contributed by atoms with van der Waals surface area (Å²) in [5, 5.41) is 9.59. The largest absolute Gasteiger partial charge is 0.390 e. The molecule has 0 aliphatic rings. The van der Waals surface area contributed by atoms with Crippen LogP contribution >= 0.6 is 27.5 Å². The minimum Gasteiger partial charge on any atom is -0.390 e. The second-order valence-electron chi connectivity index (χ2n) is 4.17. The van der Waals surface area contributed by atoms with Gasteiger partial charge < -0.3 is 9.67 Å². The fourth-order valence-electron chi connectivity index (χ4n) is 1.65. The normalized spacial score (nSPS) is 11.6. The maximum absolute atomic E-state index is 12.2. The number of hydrogen-bond acceptors (Lipinski definition) is 3. The summed E-state index contributed by atoms with van der Waals surface area (Å²) >= 11 is 9.09. The zero-order chi connectivity index (χ0) is 14.9.